The number of rotatable bonds is 2. The molecule has 3 N–H and O–H groups in total. The van der Waals surface area contributed by atoms with Crippen molar-refractivity contribution in [2.45, 2.75) is 38.0 Å². The Morgan fingerprint density at radius 2 is 2.30 bits per heavy atom. The number of hydrogen-bond acceptors (Lipinski definition) is 3. The van der Waals surface area contributed by atoms with Gasteiger partial charge in [0.1, 0.15) is 13.9 Å². The highest BCUT2D eigenvalue weighted by Crippen LogP contribution is 2.23. The summed E-state index contributed by atoms with van der Waals surface area (Å²) in [6.07, 6.45) is 3.49. The minimum Gasteiger partial charge on any atom is -0.349 e. The summed E-state index contributed by atoms with van der Waals surface area (Å²) in [4.78, 5) is 22.7. The van der Waals surface area contributed by atoms with Crippen LogP contribution < -0.4 is 10.3 Å². The number of aromatic nitrogens is 2. The van der Waals surface area contributed by atoms with Crippen molar-refractivity contribution >= 4 is 36.6 Å². The van der Waals surface area contributed by atoms with Gasteiger partial charge in [-0.15, -0.1) is 0 Å². The minimum absolute atomic E-state index is 0.0924. The summed E-state index contributed by atoms with van der Waals surface area (Å²) in [5.41, 5.74) is 0.785. The molecule has 5 nitrogen and oxygen atoms in total. The standard InChI is InChI=1S/C15H20ClFN4OSi/c1-23(2)5-3-4-9(7-19-23)20-15(22)11-6-10-12(21-11)8-18-14(16)13(10)17/h6,8-9,19,21H,3-5,7H2,1-2H3,(H,20,22). The molecule has 1 aliphatic rings. The van der Waals surface area contributed by atoms with Crippen LogP contribution in [-0.2, 0) is 0 Å². The zero-order valence-corrected chi connectivity index (χ0v) is 14.9. The summed E-state index contributed by atoms with van der Waals surface area (Å²) >= 11 is 5.67. The predicted molar refractivity (Wildman–Crippen MR) is 91.8 cm³/mol. The van der Waals surface area contributed by atoms with E-state index in [9.17, 15) is 9.18 Å². The second-order valence-corrected chi connectivity index (χ2v) is 11.7. The van der Waals surface area contributed by atoms with E-state index in [2.05, 4.69) is 33.4 Å². The number of pyridine rings is 1. The van der Waals surface area contributed by atoms with Crippen molar-refractivity contribution in [3.63, 3.8) is 0 Å². The lowest BCUT2D eigenvalue weighted by molar-refractivity contribution is 0.0931. The smallest absolute Gasteiger partial charge is 0.267 e. The van der Waals surface area contributed by atoms with Gasteiger partial charge in [0, 0.05) is 18.0 Å². The van der Waals surface area contributed by atoms with Gasteiger partial charge in [-0.3, -0.25) is 4.79 Å². The van der Waals surface area contributed by atoms with Gasteiger partial charge in [-0.05, 0) is 18.5 Å². The molecule has 0 spiro atoms. The van der Waals surface area contributed by atoms with E-state index in [1.807, 2.05) is 0 Å². The highest BCUT2D eigenvalue weighted by Gasteiger charge is 2.27. The third-order valence-electron chi connectivity index (χ3n) is 4.33. The van der Waals surface area contributed by atoms with Gasteiger partial charge in [-0.25, -0.2) is 9.37 Å². The zero-order chi connectivity index (χ0) is 16.6. The molecule has 0 radical (unpaired) electrons. The Morgan fingerprint density at radius 1 is 1.52 bits per heavy atom. The van der Waals surface area contributed by atoms with Crippen LogP contribution in [0.2, 0.25) is 24.3 Å². The fourth-order valence-corrected chi connectivity index (χ4v) is 5.15. The van der Waals surface area contributed by atoms with Crippen molar-refractivity contribution < 1.29 is 9.18 Å². The molecule has 3 rings (SSSR count). The van der Waals surface area contributed by atoms with E-state index in [1.165, 1.54) is 18.3 Å². The minimum atomic E-state index is -1.33. The molecule has 1 aliphatic heterocycles. The largest absolute Gasteiger partial charge is 0.349 e. The third kappa shape index (κ3) is 3.57. The van der Waals surface area contributed by atoms with Crippen molar-refractivity contribution in [1.82, 2.24) is 20.3 Å². The molecule has 3 heterocycles. The Kier molecular flexibility index (Phi) is 4.44. The topological polar surface area (TPSA) is 69.8 Å². The van der Waals surface area contributed by atoms with E-state index < -0.39 is 14.1 Å². The Morgan fingerprint density at radius 3 is 3.09 bits per heavy atom. The van der Waals surface area contributed by atoms with Crippen LogP contribution in [0.15, 0.2) is 12.3 Å². The molecule has 1 atom stereocenters. The molecule has 124 valence electrons. The van der Waals surface area contributed by atoms with Gasteiger partial charge in [-0.2, -0.15) is 0 Å². The quantitative estimate of drug-likeness (QED) is 0.573. The first-order chi connectivity index (χ1) is 10.9. The van der Waals surface area contributed by atoms with Crippen LogP contribution >= 0.6 is 11.6 Å². The lowest BCUT2D eigenvalue weighted by Crippen LogP contribution is -2.49. The molecule has 2 aromatic heterocycles. The van der Waals surface area contributed by atoms with E-state index >= 15 is 0 Å². The summed E-state index contributed by atoms with van der Waals surface area (Å²) in [5.74, 6) is -0.840. The Labute approximate surface area is 140 Å². The van der Waals surface area contributed by atoms with Crippen LogP contribution in [-0.4, -0.2) is 36.7 Å². The van der Waals surface area contributed by atoms with Crippen LogP contribution in [0.25, 0.3) is 10.9 Å². The molecule has 1 saturated heterocycles. The summed E-state index contributed by atoms with van der Waals surface area (Å²) < 4.78 is 13.9. The predicted octanol–water partition coefficient (Wildman–Crippen LogP) is 3.04. The van der Waals surface area contributed by atoms with E-state index in [0.29, 0.717) is 11.2 Å². The van der Waals surface area contributed by atoms with Crippen LogP contribution in [0, 0.1) is 5.82 Å². The van der Waals surface area contributed by atoms with Gasteiger partial charge >= 0.3 is 0 Å². The highest BCUT2D eigenvalue weighted by molar-refractivity contribution is 6.75. The monoisotopic (exact) mass is 354 g/mol. The summed E-state index contributed by atoms with van der Waals surface area (Å²) in [7, 11) is -1.33. The van der Waals surface area contributed by atoms with Gasteiger partial charge < -0.3 is 15.3 Å². The molecule has 0 aromatic carbocycles. The van der Waals surface area contributed by atoms with Crippen molar-refractivity contribution in [2.24, 2.45) is 0 Å². The van der Waals surface area contributed by atoms with Crippen molar-refractivity contribution in [3.05, 3.63) is 28.9 Å². The summed E-state index contributed by atoms with van der Waals surface area (Å²) in [5, 5.41) is 3.11. The molecular formula is C15H20ClFN4OSi. The number of aromatic amines is 1. The zero-order valence-electron chi connectivity index (χ0n) is 13.2. The lowest BCUT2D eigenvalue weighted by Gasteiger charge is -2.22. The normalized spacial score (nSPS) is 21.1. The fourth-order valence-electron chi connectivity index (χ4n) is 2.93. The van der Waals surface area contributed by atoms with Gasteiger partial charge in [0.15, 0.2) is 11.0 Å². The number of carbonyl (C=O) groups is 1. The molecule has 1 unspecified atom stereocenters. The molecular weight excluding hydrogens is 335 g/mol. The first kappa shape index (κ1) is 16.4. The van der Waals surface area contributed by atoms with E-state index in [4.69, 9.17) is 11.6 Å². The van der Waals surface area contributed by atoms with Gasteiger partial charge in [-0.1, -0.05) is 31.1 Å². The molecule has 1 fully saturated rings. The van der Waals surface area contributed by atoms with Gasteiger partial charge in [0.25, 0.3) is 5.91 Å². The number of carbonyl (C=O) groups excluding carboxylic acids is 1. The van der Waals surface area contributed by atoms with Crippen LogP contribution in [0.5, 0.6) is 0 Å². The van der Waals surface area contributed by atoms with Gasteiger partial charge in [0.2, 0.25) is 0 Å². The second kappa shape index (κ2) is 6.22. The van der Waals surface area contributed by atoms with Crippen LogP contribution in [0.4, 0.5) is 4.39 Å². The third-order valence-corrected chi connectivity index (χ3v) is 7.36. The fraction of sp³-hybridized carbons (Fsp3) is 0.467. The van der Waals surface area contributed by atoms with Crippen LogP contribution in [0.3, 0.4) is 0 Å². The van der Waals surface area contributed by atoms with Gasteiger partial charge in [0.05, 0.1) is 11.7 Å². The van der Waals surface area contributed by atoms with E-state index in [-0.39, 0.29) is 22.5 Å². The summed E-state index contributed by atoms with van der Waals surface area (Å²) in [6.45, 7) is 5.38. The average molecular weight is 355 g/mol. The molecule has 23 heavy (non-hydrogen) atoms. The SMILES string of the molecule is C[Si]1(C)CCCC(NC(=O)c2cc3c(F)c(Cl)ncc3[nH]2)CN1. The number of hydrogen-bond donors (Lipinski definition) is 3. The number of fused-ring (bicyclic) bond motifs is 1. The highest BCUT2D eigenvalue weighted by atomic mass is 35.5. The lowest BCUT2D eigenvalue weighted by atomic mass is 10.1. The summed E-state index contributed by atoms with van der Waals surface area (Å²) in [6, 6.07) is 2.78. The number of H-pyrrole nitrogens is 1. The Hall–Kier alpha value is -1.44. The Bertz CT molecular complexity index is 748. The first-order valence-electron chi connectivity index (χ1n) is 7.74. The maximum absolute atomic E-state index is 13.9. The van der Waals surface area contributed by atoms with Crippen LogP contribution in [0.1, 0.15) is 23.3 Å². The van der Waals surface area contributed by atoms with E-state index in [1.54, 1.807) is 0 Å². The average Bonchev–Trinajstić information content (AvgIpc) is 2.86. The molecule has 0 bridgehead atoms. The maximum atomic E-state index is 13.9. The van der Waals surface area contributed by atoms with Crippen molar-refractivity contribution in [3.8, 4) is 0 Å². The molecule has 8 heteroatoms. The number of halogens is 2. The maximum Gasteiger partial charge on any atom is 0.267 e. The Balaban J connectivity index is 1.75. The number of nitrogens with zero attached hydrogens (tertiary/aromatic N) is 1. The molecule has 1 amide bonds. The number of amides is 1. The molecule has 2 aromatic rings. The molecule has 0 aliphatic carbocycles. The second-order valence-electron chi connectivity index (χ2n) is 6.70. The first-order valence-corrected chi connectivity index (χ1v) is 11.3. The molecule has 0 saturated carbocycles. The van der Waals surface area contributed by atoms with Crippen molar-refractivity contribution in [2.75, 3.05) is 6.54 Å². The number of nitrogens with one attached hydrogen (secondary N) is 3. The van der Waals surface area contributed by atoms with Crippen molar-refractivity contribution in [1.29, 1.82) is 0 Å². The van der Waals surface area contributed by atoms with E-state index in [0.717, 1.165) is 19.4 Å².